The smallest absolute Gasteiger partial charge is 0.242 e. The van der Waals surface area contributed by atoms with E-state index in [1.165, 1.54) is 14.1 Å². The molecule has 0 saturated carbocycles. The van der Waals surface area contributed by atoms with Gasteiger partial charge in [0.15, 0.2) is 0 Å². The van der Waals surface area contributed by atoms with Crippen molar-refractivity contribution in [1.82, 2.24) is 4.31 Å². The molecular formula is C14H21NO3S. The van der Waals surface area contributed by atoms with Gasteiger partial charge >= 0.3 is 0 Å². The van der Waals surface area contributed by atoms with Crippen LogP contribution in [-0.4, -0.2) is 32.6 Å². The number of carbonyl (C=O) groups is 1. The van der Waals surface area contributed by atoms with E-state index in [-0.39, 0.29) is 17.1 Å². The molecule has 0 bridgehead atoms. The maximum absolute atomic E-state index is 12.2. The first-order valence-corrected chi connectivity index (χ1v) is 7.54. The van der Waals surface area contributed by atoms with Crippen molar-refractivity contribution in [2.24, 2.45) is 5.41 Å². The van der Waals surface area contributed by atoms with E-state index in [0.717, 1.165) is 4.31 Å². The lowest BCUT2D eigenvalue weighted by atomic mass is 9.87. The monoisotopic (exact) mass is 283 g/mol. The highest BCUT2D eigenvalue weighted by Gasteiger charge is 2.26. The average Bonchev–Trinajstić information content (AvgIpc) is 2.28. The lowest BCUT2D eigenvalue weighted by molar-refractivity contribution is -0.125. The second-order valence-electron chi connectivity index (χ2n) is 5.75. The lowest BCUT2D eigenvalue weighted by Crippen LogP contribution is -2.26. The molecule has 106 valence electrons. The topological polar surface area (TPSA) is 54.5 Å². The van der Waals surface area contributed by atoms with Crippen LogP contribution in [-0.2, 0) is 21.2 Å². The quantitative estimate of drug-likeness (QED) is 0.850. The molecule has 0 heterocycles. The fourth-order valence-electron chi connectivity index (χ4n) is 1.54. The van der Waals surface area contributed by atoms with Gasteiger partial charge < -0.3 is 0 Å². The van der Waals surface area contributed by atoms with Gasteiger partial charge in [-0.2, -0.15) is 0 Å². The van der Waals surface area contributed by atoms with E-state index in [0.29, 0.717) is 5.56 Å². The van der Waals surface area contributed by atoms with E-state index in [9.17, 15) is 13.2 Å². The van der Waals surface area contributed by atoms with Gasteiger partial charge in [0.25, 0.3) is 0 Å². The van der Waals surface area contributed by atoms with Gasteiger partial charge in [-0.3, -0.25) is 4.79 Å². The van der Waals surface area contributed by atoms with E-state index >= 15 is 0 Å². The Balaban J connectivity index is 3.22. The zero-order chi connectivity index (χ0) is 14.8. The summed E-state index contributed by atoms with van der Waals surface area (Å²) in [6, 6.07) is 6.65. The first kappa shape index (κ1) is 15.9. The summed E-state index contributed by atoms with van der Waals surface area (Å²) in [7, 11) is -0.550. The van der Waals surface area contributed by atoms with Crippen molar-refractivity contribution in [2.45, 2.75) is 32.1 Å². The predicted octanol–water partition coefficient (Wildman–Crippen LogP) is 2.09. The normalized spacial score (nSPS) is 12.7. The summed E-state index contributed by atoms with van der Waals surface area (Å²) in [4.78, 5) is 12.3. The summed E-state index contributed by atoms with van der Waals surface area (Å²) in [5.74, 6) is 0.0221. The number of rotatable bonds is 4. The molecule has 0 unspecified atom stereocenters. The molecule has 1 rings (SSSR count). The lowest BCUT2D eigenvalue weighted by Gasteiger charge is -2.19. The fourth-order valence-corrected chi connectivity index (χ4v) is 2.65. The summed E-state index contributed by atoms with van der Waals surface area (Å²) in [5.41, 5.74) is 0.0748. The summed E-state index contributed by atoms with van der Waals surface area (Å²) in [6.45, 7) is 5.50. The fraction of sp³-hybridized carbons (Fsp3) is 0.500. The molecule has 1 aromatic carbocycles. The van der Waals surface area contributed by atoms with Gasteiger partial charge in [0.2, 0.25) is 10.0 Å². The Kier molecular flexibility index (Phi) is 4.53. The Labute approximate surface area is 115 Å². The molecule has 0 fully saturated rings. The zero-order valence-electron chi connectivity index (χ0n) is 12.1. The Morgan fingerprint density at radius 1 is 1.16 bits per heavy atom. The first-order chi connectivity index (χ1) is 8.56. The third-order valence-electron chi connectivity index (χ3n) is 2.92. The van der Waals surface area contributed by atoms with Gasteiger partial charge in [0.05, 0.1) is 4.90 Å². The van der Waals surface area contributed by atoms with Gasteiger partial charge in [-0.1, -0.05) is 39.0 Å². The first-order valence-electron chi connectivity index (χ1n) is 6.10. The molecule has 1 aromatic rings. The minimum Gasteiger partial charge on any atom is -0.299 e. The van der Waals surface area contributed by atoms with Crippen LogP contribution in [0.15, 0.2) is 29.2 Å². The highest BCUT2D eigenvalue weighted by atomic mass is 32.2. The SMILES string of the molecule is CN(C)S(=O)(=O)c1ccccc1CC(=O)C(C)(C)C. The van der Waals surface area contributed by atoms with Crippen molar-refractivity contribution in [2.75, 3.05) is 14.1 Å². The van der Waals surface area contributed by atoms with Gasteiger partial charge in [-0.05, 0) is 11.6 Å². The molecule has 0 atom stereocenters. The molecule has 0 aliphatic carbocycles. The van der Waals surface area contributed by atoms with Crippen molar-refractivity contribution < 1.29 is 13.2 Å². The van der Waals surface area contributed by atoms with Crippen molar-refractivity contribution in [1.29, 1.82) is 0 Å². The van der Waals surface area contributed by atoms with Crippen LogP contribution >= 0.6 is 0 Å². The molecule has 5 heteroatoms. The molecule has 0 amide bonds. The molecule has 0 aromatic heterocycles. The molecular weight excluding hydrogens is 262 g/mol. The second kappa shape index (κ2) is 5.43. The number of ketones is 1. The number of sulfonamides is 1. The minimum atomic E-state index is -3.52. The number of hydrogen-bond acceptors (Lipinski definition) is 3. The third kappa shape index (κ3) is 3.64. The Morgan fingerprint density at radius 3 is 2.16 bits per heavy atom. The Hall–Kier alpha value is -1.20. The molecule has 4 nitrogen and oxygen atoms in total. The number of hydrogen-bond donors (Lipinski definition) is 0. The Bertz CT molecular complexity index is 569. The second-order valence-corrected chi connectivity index (χ2v) is 7.87. The zero-order valence-corrected chi connectivity index (χ0v) is 12.9. The standard InChI is InChI=1S/C14H21NO3S/c1-14(2,3)13(16)10-11-8-6-7-9-12(11)19(17,18)15(4)5/h6-9H,10H2,1-5H3. The van der Waals surface area contributed by atoms with Crippen LogP contribution in [0.5, 0.6) is 0 Å². The van der Waals surface area contributed by atoms with Gasteiger partial charge in [-0.25, -0.2) is 12.7 Å². The largest absolute Gasteiger partial charge is 0.299 e. The predicted molar refractivity (Wildman–Crippen MR) is 75.5 cm³/mol. The van der Waals surface area contributed by atoms with Gasteiger partial charge in [0.1, 0.15) is 5.78 Å². The van der Waals surface area contributed by atoms with Crippen LogP contribution in [0.2, 0.25) is 0 Å². The van der Waals surface area contributed by atoms with Crippen molar-refractivity contribution in [3.8, 4) is 0 Å². The van der Waals surface area contributed by atoms with Crippen LogP contribution in [0, 0.1) is 5.41 Å². The number of carbonyl (C=O) groups excluding carboxylic acids is 1. The maximum atomic E-state index is 12.2. The molecule has 0 aliphatic rings. The summed E-state index contributed by atoms with van der Waals surface area (Å²) in [5, 5.41) is 0. The highest BCUT2D eigenvalue weighted by Crippen LogP contribution is 2.23. The molecule has 0 spiro atoms. The van der Waals surface area contributed by atoms with E-state index in [2.05, 4.69) is 0 Å². The van der Waals surface area contributed by atoms with E-state index < -0.39 is 15.4 Å². The van der Waals surface area contributed by atoms with E-state index in [1.807, 2.05) is 20.8 Å². The molecule has 0 N–H and O–H groups in total. The van der Waals surface area contributed by atoms with Crippen LogP contribution in [0.1, 0.15) is 26.3 Å². The molecule has 19 heavy (non-hydrogen) atoms. The molecule has 0 saturated heterocycles. The summed E-state index contributed by atoms with van der Waals surface area (Å²) >= 11 is 0. The van der Waals surface area contributed by atoms with Crippen molar-refractivity contribution in [3.05, 3.63) is 29.8 Å². The van der Waals surface area contributed by atoms with Crippen LogP contribution in [0.25, 0.3) is 0 Å². The number of Topliss-reactive ketones (excluding diaryl/α,β-unsaturated/α-hetero) is 1. The van der Waals surface area contributed by atoms with E-state index in [1.54, 1.807) is 24.3 Å². The van der Waals surface area contributed by atoms with Crippen LogP contribution < -0.4 is 0 Å². The molecule has 0 radical (unpaired) electrons. The maximum Gasteiger partial charge on any atom is 0.242 e. The van der Waals surface area contributed by atoms with Gasteiger partial charge in [0, 0.05) is 25.9 Å². The van der Waals surface area contributed by atoms with Crippen molar-refractivity contribution >= 4 is 15.8 Å². The van der Waals surface area contributed by atoms with Crippen LogP contribution in [0.4, 0.5) is 0 Å². The Morgan fingerprint density at radius 2 is 1.68 bits per heavy atom. The highest BCUT2D eigenvalue weighted by molar-refractivity contribution is 7.89. The van der Waals surface area contributed by atoms with Crippen LogP contribution in [0.3, 0.4) is 0 Å². The van der Waals surface area contributed by atoms with Gasteiger partial charge in [-0.15, -0.1) is 0 Å². The minimum absolute atomic E-state index is 0.0221. The summed E-state index contributed by atoms with van der Waals surface area (Å²) in [6.07, 6.45) is 0.132. The summed E-state index contributed by atoms with van der Waals surface area (Å²) < 4.78 is 25.6. The van der Waals surface area contributed by atoms with E-state index in [4.69, 9.17) is 0 Å². The van der Waals surface area contributed by atoms with Crippen molar-refractivity contribution in [3.63, 3.8) is 0 Å². The average molecular weight is 283 g/mol. The molecule has 0 aliphatic heterocycles. The third-order valence-corrected chi connectivity index (χ3v) is 4.83. The number of benzene rings is 1. The number of nitrogens with zero attached hydrogens (tertiary/aromatic N) is 1.